The van der Waals surface area contributed by atoms with Gasteiger partial charge in [-0.2, -0.15) is 26.3 Å². The number of nitrogens with zero attached hydrogens (tertiary/aromatic N) is 6. The summed E-state index contributed by atoms with van der Waals surface area (Å²) in [6.45, 7) is 6.96. The van der Waals surface area contributed by atoms with Crippen LogP contribution in [0.5, 0.6) is 0 Å². The number of alkyl halides is 6. The topological polar surface area (TPSA) is 174 Å². The van der Waals surface area contributed by atoms with Gasteiger partial charge < -0.3 is 32.4 Å². The third-order valence-electron chi connectivity index (χ3n) is 7.51. The van der Waals surface area contributed by atoms with Crippen molar-refractivity contribution >= 4 is 59.5 Å². The van der Waals surface area contributed by atoms with Gasteiger partial charge in [-0.3, -0.25) is 13.6 Å². The van der Waals surface area contributed by atoms with Crippen LogP contribution in [0.25, 0.3) is 33.4 Å². The zero-order valence-electron chi connectivity index (χ0n) is 33.1. The van der Waals surface area contributed by atoms with E-state index in [-0.39, 0.29) is 135 Å². The molecule has 0 spiro atoms. The number of terminal acetylenes is 1. The molecule has 0 aliphatic carbocycles. The molecule has 58 heavy (non-hydrogen) atoms. The average Bonchev–Trinajstić information content (AvgIpc) is 3.79. The van der Waals surface area contributed by atoms with Crippen LogP contribution < -0.4 is 119 Å². The fraction of sp³-hybridized carbons (Fsp3) is 0.306. The van der Waals surface area contributed by atoms with E-state index in [0.29, 0.717) is 71.3 Å². The van der Waals surface area contributed by atoms with Gasteiger partial charge in [0.05, 0.1) is 45.6 Å². The van der Waals surface area contributed by atoms with E-state index < -0.39 is 31.6 Å². The second-order valence-corrected chi connectivity index (χ2v) is 17.5. The molecule has 0 saturated heterocycles. The van der Waals surface area contributed by atoms with Crippen LogP contribution in [-0.4, -0.2) is 79.8 Å². The van der Waals surface area contributed by atoms with Crippen molar-refractivity contribution in [2.75, 3.05) is 36.9 Å². The second-order valence-electron chi connectivity index (χ2n) is 12.8. The predicted octanol–water partition coefficient (Wildman–Crippen LogP) is -0.843. The Labute approximate surface area is 415 Å². The van der Waals surface area contributed by atoms with Gasteiger partial charge in [0.1, 0.15) is 19.5 Å². The first-order chi connectivity index (χ1) is 26.5. The van der Waals surface area contributed by atoms with Gasteiger partial charge in [-0.15, -0.1) is 12.0 Å². The summed E-state index contributed by atoms with van der Waals surface area (Å²) in [7, 11) is -1.65. The molecule has 13 nitrogen and oxygen atoms in total. The molecule has 22 heteroatoms. The number of aliphatic hydroxyl groups excluding tert-OH is 2. The number of hydrogen-bond acceptors (Lipinski definition) is 11. The molecule has 6 rings (SSSR count). The summed E-state index contributed by atoms with van der Waals surface area (Å²) in [5.74, 6) is 6.28. The Bertz CT molecular complexity index is 2450. The standard InChI is InChI=1S/C19H21F3N4OSi.C16H13F3N4O.CH2O3.2K.H/c1-28(2,3)10-7-14-12-24-18-17(23-8-4-9-27)25-15-11-13(19(20,21)22)5-6-16(15)26(14)18;1-2-11-9-21-15-14(20-6-3-7-24)22-12-8-10(16(17,18)19)4-5-13(12)23(11)15;2-1-4-3;;;/h5-6,11-12,27H,4,8-9H2,1-3H3,(H,23,25);1,4-5,8-9,24H,3,6-7H2,(H,20,22);1,3H;;;/q;;;2*+1;-1/p-1. The first-order valence-electron chi connectivity index (χ1n) is 16.7. The minimum atomic E-state index is -4.46. The Morgan fingerprint density at radius 2 is 1.24 bits per heavy atom. The number of rotatable bonds is 9. The number of carbonyl (C=O) groups excluding carboxylic acids is 1. The molecule has 0 aliphatic rings. The van der Waals surface area contributed by atoms with Gasteiger partial charge in [0.2, 0.25) is 0 Å². The fourth-order valence-corrected chi connectivity index (χ4v) is 5.58. The van der Waals surface area contributed by atoms with Gasteiger partial charge in [0, 0.05) is 26.3 Å². The summed E-state index contributed by atoms with van der Waals surface area (Å²) >= 11 is 0. The van der Waals surface area contributed by atoms with Crippen LogP contribution >= 0.6 is 0 Å². The first kappa shape index (κ1) is 51.5. The number of fused-ring (bicyclic) bond motifs is 6. The van der Waals surface area contributed by atoms with Crippen molar-refractivity contribution in [1.29, 1.82) is 0 Å². The van der Waals surface area contributed by atoms with Crippen molar-refractivity contribution in [1.82, 2.24) is 28.7 Å². The van der Waals surface area contributed by atoms with Crippen molar-refractivity contribution in [2.45, 2.75) is 44.8 Å². The molecule has 4 N–H and O–H groups in total. The molecule has 4 aromatic heterocycles. The number of halogens is 6. The van der Waals surface area contributed by atoms with E-state index in [9.17, 15) is 26.3 Å². The number of benzene rings is 2. The SMILES string of the molecule is C#Cc1cnc2c(NCCCO)nc3cc(C(F)(F)F)ccc3n12.C[Si](C)(C)C#Cc1cnc2c(NCCCO)nc3cc(C(F)(F)F)ccc3n12.O=CO[O-].[H-].[K+].[K+]. The van der Waals surface area contributed by atoms with Crippen molar-refractivity contribution in [3.8, 4) is 23.8 Å². The molecular formula is C36H36F6K2N8O5Si. The maximum absolute atomic E-state index is 13.1. The number of aromatic nitrogens is 6. The quantitative estimate of drug-likeness (QED) is 0.0271. The minimum absolute atomic E-state index is 0. The molecule has 0 atom stereocenters. The molecule has 0 aliphatic heterocycles. The molecule has 0 amide bonds. The molecule has 6 aromatic rings. The van der Waals surface area contributed by atoms with Crippen LogP contribution in [0.1, 0.15) is 36.8 Å². The van der Waals surface area contributed by atoms with Crippen molar-refractivity contribution in [2.24, 2.45) is 0 Å². The number of anilines is 2. The Morgan fingerprint density at radius 3 is 1.60 bits per heavy atom. The van der Waals surface area contributed by atoms with E-state index in [1.165, 1.54) is 18.3 Å². The number of hydrogen-bond donors (Lipinski definition) is 4. The molecular weight excluding hydrogens is 845 g/mol. The van der Waals surface area contributed by atoms with Gasteiger partial charge >= 0.3 is 115 Å². The van der Waals surface area contributed by atoms with Crippen LogP contribution in [0.3, 0.4) is 0 Å². The summed E-state index contributed by atoms with van der Waals surface area (Å²) in [5, 5.41) is 32.3. The second kappa shape index (κ2) is 22.8. The van der Waals surface area contributed by atoms with E-state index in [1.54, 1.807) is 15.0 Å². The maximum atomic E-state index is 13.1. The summed E-state index contributed by atoms with van der Waals surface area (Å²) in [5.41, 5.74) is 4.95. The monoisotopic (exact) mass is 880 g/mol. The van der Waals surface area contributed by atoms with Gasteiger partial charge in [-0.05, 0) is 49.2 Å². The zero-order chi connectivity index (χ0) is 41.3. The van der Waals surface area contributed by atoms with Crippen LogP contribution in [0, 0.1) is 23.8 Å². The van der Waals surface area contributed by atoms with Crippen LogP contribution in [0.4, 0.5) is 38.0 Å². The van der Waals surface area contributed by atoms with E-state index in [4.69, 9.17) is 26.7 Å². The van der Waals surface area contributed by atoms with Crippen LogP contribution in [-0.2, 0) is 22.0 Å². The normalized spacial score (nSPS) is 11.2. The summed E-state index contributed by atoms with van der Waals surface area (Å²) in [6.07, 6.45) is 0.571. The summed E-state index contributed by atoms with van der Waals surface area (Å²) in [6, 6.07) is 6.77. The Hall–Kier alpha value is -2.66. The van der Waals surface area contributed by atoms with Crippen molar-refractivity contribution < 1.29 is 156 Å². The average molecular weight is 881 g/mol. The van der Waals surface area contributed by atoms with Crippen LogP contribution in [0.2, 0.25) is 19.6 Å². The molecule has 298 valence electrons. The number of imidazole rings is 2. The number of nitrogens with one attached hydrogen (secondary N) is 2. The van der Waals surface area contributed by atoms with Gasteiger partial charge in [-0.1, -0.05) is 31.5 Å². The summed E-state index contributed by atoms with van der Waals surface area (Å²) in [4.78, 5) is 28.4. The molecule has 0 fully saturated rings. The molecule has 2 aromatic carbocycles. The maximum Gasteiger partial charge on any atom is 1.00 e. The zero-order valence-corrected chi connectivity index (χ0v) is 39.3. The minimum Gasteiger partial charge on any atom is -1.00 e. The third kappa shape index (κ3) is 13.4. The smallest absolute Gasteiger partial charge is 1.00 e. The molecule has 0 saturated carbocycles. The van der Waals surface area contributed by atoms with Gasteiger partial charge in [0.15, 0.2) is 22.9 Å². The Kier molecular flexibility index (Phi) is 20.2. The van der Waals surface area contributed by atoms with Gasteiger partial charge in [-0.25, -0.2) is 19.9 Å². The van der Waals surface area contributed by atoms with E-state index in [1.807, 2.05) is 0 Å². The van der Waals surface area contributed by atoms with Crippen molar-refractivity contribution in [3.63, 3.8) is 0 Å². The van der Waals surface area contributed by atoms with Gasteiger partial charge in [0.25, 0.3) is 6.47 Å². The molecule has 0 bridgehead atoms. The van der Waals surface area contributed by atoms with E-state index >= 15 is 0 Å². The van der Waals surface area contributed by atoms with Crippen molar-refractivity contribution in [3.05, 3.63) is 71.3 Å². The largest absolute Gasteiger partial charge is 1.00 e. The van der Waals surface area contributed by atoms with E-state index in [2.05, 4.69) is 72.5 Å². The Balaban J connectivity index is 0.000000521. The molecule has 4 heterocycles. The van der Waals surface area contributed by atoms with E-state index in [0.717, 1.165) is 24.3 Å². The fourth-order valence-electron chi connectivity index (χ4n) is 5.07. The third-order valence-corrected chi connectivity index (χ3v) is 8.38. The molecule has 0 radical (unpaired) electrons. The van der Waals surface area contributed by atoms with Crippen LogP contribution in [0.15, 0.2) is 48.8 Å². The predicted molar refractivity (Wildman–Crippen MR) is 198 cm³/mol. The summed E-state index contributed by atoms with van der Waals surface area (Å²) < 4.78 is 81.6. The molecule has 0 unspecified atom stereocenters. The number of aliphatic hydroxyl groups is 2. The first-order valence-corrected chi connectivity index (χ1v) is 20.2. The Morgan fingerprint density at radius 1 is 0.828 bits per heavy atom. The number of carbonyl (C=O) groups is 1.